The van der Waals surface area contributed by atoms with Gasteiger partial charge in [0.1, 0.15) is 0 Å². The third kappa shape index (κ3) is 2.03. The van der Waals surface area contributed by atoms with E-state index in [4.69, 9.17) is 5.11 Å². The molecule has 0 aromatic heterocycles. The summed E-state index contributed by atoms with van der Waals surface area (Å²) in [5.74, 6) is 0.387. The van der Waals surface area contributed by atoms with Crippen molar-refractivity contribution in [3.63, 3.8) is 0 Å². The van der Waals surface area contributed by atoms with Crippen LogP contribution < -0.4 is 0 Å². The Kier molecular flexibility index (Phi) is 2.61. The van der Waals surface area contributed by atoms with Crippen LogP contribution in [0.15, 0.2) is 12.2 Å². The summed E-state index contributed by atoms with van der Waals surface area (Å²) in [6.07, 6.45) is 7.45. The highest BCUT2D eigenvalue weighted by atomic mass is 32.1. The highest BCUT2D eigenvalue weighted by Gasteiger charge is 2.14. The van der Waals surface area contributed by atoms with E-state index >= 15 is 0 Å². The van der Waals surface area contributed by atoms with Crippen LogP contribution in [0.4, 0.5) is 0 Å². The highest BCUT2D eigenvalue weighted by molar-refractivity contribution is 7.80. The van der Waals surface area contributed by atoms with Crippen molar-refractivity contribution >= 4 is 12.6 Å². The Morgan fingerprint density at radius 1 is 1.56 bits per heavy atom. The van der Waals surface area contributed by atoms with Gasteiger partial charge >= 0.3 is 0 Å². The Labute approximate surface area is 61.2 Å². The first-order chi connectivity index (χ1) is 4.30. The van der Waals surface area contributed by atoms with Gasteiger partial charge in [0.25, 0.3) is 0 Å². The van der Waals surface area contributed by atoms with E-state index in [0.717, 1.165) is 19.3 Å². The van der Waals surface area contributed by atoms with E-state index in [9.17, 15) is 0 Å². The van der Waals surface area contributed by atoms with Crippen LogP contribution in [0.3, 0.4) is 0 Å². The second-order valence-corrected chi connectivity index (χ2v) is 2.99. The lowest BCUT2D eigenvalue weighted by atomic mass is 9.95. The SMILES string of the molecule is OC(S)C1CC=CCC1. The van der Waals surface area contributed by atoms with Crippen LogP contribution in [0.25, 0.3) is 0 Å². The zero-order chi connectivity index (χ0) is 6.69. The zero-order valence-electron chi connectivity index (χ0n) is 5.33. The fourth-order valence-electron chi connectivity index (χ4n) is 1.09. The summed E-state index contributed by atoms with van der Waals surface area (Å²) < 4.78 is 0. The highest BCUT2D eigenvalue weighted by Crippen LogP contribution is 2.22. The van der Waals surface area contributed by atoms with Gasteiger partial charge < -0.3 is 5.11 Å². The van der Waals surface area contributed by atoms with E-state index in [0.29, 0.717) is 5.92 Å². The molecule has 2 unspecified atom stereocenters. The quantitative estimate of drug-likeness (QED) is 0.325. The first-order valence-corrected chi connectivity index (χ1v) is 3.83. The number of hydrogen-bond donors (Lipinski definition) is 2. The van der Waals surface area contributed by atoms with E-state index in [1.54, 1.807) is 0 Å². The number of thiol groups is 1. The van der Waals surface area contributed by atoms with Crippen molar-refractivity contribution < 1.29 is 5.11 Å². The molecule has 1 aliphatic carbocycles. The van der Waals surface area contributed by atoms with E-state index in [2.05, 4.69) is 24.8 Å². The molecule has 52 valence electrons. The summed E-state index contributed by atoms with van der Waals surface area (Å²) in [5.41, 5.74) is -0.421. The summed E-state index contributed by atoms with van der Waals surface area (Å²) in [5, 5.41) is 9.01. The number of aliphatic hydroxyl groups is 1. The summed E-state index contributed by atoms with van der Waals surface area (Å²) in [7, 11) is 0. The van der Waals surface area contributed by atoms with Gasteiger partial charge in [0.2, 0.25) is 0 Å². The molecular weight excluding hydrogens is 132 g/mol. The molecule has 0 amide bonds. The van der Waals surface area contributed by atoms with Gasteiger partial charge in [0, 0.05) is 0 Å². The monoisotopic (exact) mass is 144 g/mol. The second kappa shape index (κ2) is 3.28. The Hall–Kier alpha value is 0.0500. The molecule has 1 nitrogen and oxygen atoms in total. The fraction of sp³-hybridized carbons (Fsp3) is 0.714. The van der Waals surface area contributed by atoms with E-state index in [1.807, 2.05) is 0 Å². The molecule has 2 atom stereocenters. The molecule has 0 aliphatic heterocycles. The van der Waals surface area contributed by atoms with Gasteiger partial charge in [-0.25, -0.2) is 0 Å². The minimum Gasteiger partial charge on any atom is -0.382 e. The van der Waals surface area contributed by atoms with Crippen LogP contribution in [0.5, 0.6) is 0 Å². The van der Waals surface area contributed by atoms with Gasteiger partial charge in [0.05, 0.1) is 5.44 Å². The van der Waals surface area contributed by atoms with Gasteiger partial charge in [-0.1, -0.05) is 12.2 Å². The molecule has 0 saturated carbocycles. The number of aliphatic hydroxyl groups excluding tert-OH is 1. The fourth-order valence-corrected chi connectivity index (χ4v) is 1.36. The first kappa shape index (κ1) is 7.16. The minimum atomic E-state index is -0.421. The number of hydrogen-bond acceptors (Lipinski definition) is 2. The standard InChI is InChI=1S/C7H12OS/c8-7(9)6-4-2-1-3-5-6/h1-2,6-9H,3-5H2. The molecule has 0 heterocycles. The average molecular weight is 144 g/mol. The number of rotatable bonds is 1. The molecule has 0 radical (unpaired) electrons. The minimum absolute atomic E-state index is 0.387. The molecule has 0 spiro atoms. The summed E-state index contributed by atoms with van der Waals surface area (Å²) in [4.78, 5) is 0. The maximum absolute atomic E-state index is 9.01. The van der Waals surface area contributed by atoms with E-state index in [1.165, 1.54) is 0 Å². The smallest absolute Gasteiger partial charge is 0.0995 e. The van der Waals surface area contributed by atoms with Crippen molar-refractivity contribution in [1.82, 2.24) is 0 Å². The van der Waals surface area contributed by atoms with Crippen LogP contribution in [0.1, 0.15) is 19.3 Å². The Morgan fingerprint density at radius 3 is 2.67 bits per heavy atom. The van der Waals surface area contributed by atoms with Crippen molar-refractivity contribution in [3.8, 4) is 0 Å². The first-order valence-electron chi connectivity index (χ1n) is 3.32. The molecule has 9 heavy (non-hydrogen) atoms. The maximum Gasteiger partial charge on any atom is 0.0995 e. The predicted molar refractivity (Wildman–Crippen MR) is 41.5 cm³/mol. The Bertz CT molecular complexity index is 109. The lowest BCUT2D eigenvalue weighted by molar-refractivity contribution is 0.185. The molecule has 0 fully saturated rings. The van der Waals surface area contributed by atoms with Crippen LogP contribution in [-0.4, -0.2) is 10.5 Å². The Morgan fingerprint density at radius 2 is 2.33 bits per heavy atom. The van der Waals surface area contributed by atoms with Gasteiger partial charge in [0.15, 0.2) is 0 Å². The molecular formula is C7H12OS. The molecule has 1 N–H and O–H groups in total. The van der Waals surface area contributed by atoms with Crippen LogP contribution >= 0.6 is 12.6 Å². The van der Waals surface area contributed by atoms with Crippen molar-refractivity contribution in [1.29, 1.82) is 0 Å². The van der Waals surface area contributed by atoms with E-state index in [-0.39, 0.29) is 0 Å². The average Bonchev–Trinajstić information content (AvgIpc) is 1.90. The lowest BCUT2D eigenvalue weighted by Crippen LogP contribution is -2.14. The van der Waals surface area contributed by atoms with Crippen molar-refractivity contribution in [2.75, 3.05) is 0 Å². The van der Waals surface area contributed by atoms with E-state index < -0.39 is 5.44 Å². The molecule has 2 heteroatoms. The van der Waals surface area contributed by atoms with Crippen LogP contribution in [0.2, 0.25) is 0 Å². The number of allylic oxidation sites excluding steroid dienone is 2. The van der Waals surface area contributed by atoms with Gasteiger partial charge in [-0.2, -0.15) is 0 Å². The zero-order valence-corrected chi connectivity index (χ0v) is 6.22. The summed E-state index contributed by atoms with van der Waals surface area (Å²) in [6.45, 7) is 0. The second-order valence-electron chi connectivity index (χ2n) is 2.46. The molecule has 1 rings (SSSR count). The molecule has 0 aromatic carbocycles. The van der Waals surface area contributed by atoms with Crippen LogP contribution in [0, 0.1) is 5.92 Å². The molecule has 0 aromatic rings. The predicted octanol–water partition coefficient (Wildman–Crippen LogP) is 1.59. The maximum atomic E-state index is 9.01. The lowest BCUT2D eigenvalue weighted by Gasteiger charge is -2.19. The van der Waals surface area contributed by atoms with Gasteiger partial charge in [-0.05, 0) is 25.2 Å². The topological polar surface area (TPSA) is 20.2 Å². The largest absolute Gasteiger partial charge is 0.382 e. The molecule has 0 saturated heterocycles. The molecule has 1 aliphatic rings. The summed E-state index contributed by atoms with van der Waals surface area (Å²) in [6, 6.07) is 0. The molecule has 0 bridgehead atoms. The summed E-state index contributed by atoms with van der Waals surface area (Å²) >= 11 is 3.96. The third-order valence-electron chi connectivity index (χ3n) is 1.73. The van der Waals surface area contributed by atoms with Gasteiger partial charge in [-0.15, -0.1) is 12.6 Å². The van der Waals surface area contributed by atoms with Gasteiger partial charge in [-0.3, -0.25) is 0 Å². The van der Waals surface area contributed by atoms with Crippen LogP contribution in [-0.2, 0) is 0 Å². The Balaban J connectivity index is 2.35. The third-order valence-corrected chi connectivity index (χ3v) is 2.15. The normalized spacial score (nSPS) is 30.2. The van der Waals surface area contributed by atoms with Crippen molar-refractivity contribution in [3.05, 3.63) is 12.2 Å². The van der Waals surface area contributed by atoms with Crippen molar-refractivity contribution in [2.24, 2.45) is 5.92 Å². The van der Waals surface area contributed by atoms with Crippen molar-refractivity contribution in [2.45, 2.75) is 24.7 Å².